The summed E-state index contributed by atoms with van der Waals surface area (Å²) in [5.74, 6) is 1.36. The zero-order valence-electron chi connectivity index (χ0n) is 19.3. The summed E-state index contributed by atoms with van der Waals surface area (Å²) in [6.45, 7) is 11.1. The van der Waals surface area contributed by atoms with E-state index in [1.54, 1.807) is 19.2 Å². The summed E-state index contributed by atoms with van der Waals surface area (Å²) in [6, 6.07) is 17.4. The van der Waals surface area contributed by atoms with E-state index < -0.39 is 0 Å². The fourth-order valence-electron chi connectivity index (χ4n) is 3.44. The van der Waals surface area contributed by atoms with Gasteiger partial charge in [0.25, 0.3) is 0 Å². The minimum Gasteiger partial charge on any atom is -0.496 e. The first-order chi connectivity index (χ1) is 14.6. The van der Waals surface area contributed by atoms with Crippen molar-refractivity contribution in [3.8, 4) is 22.6 Å². The number of methoxy groups -OCH3 is 1. The summed E-state index contributed by atoms with van der Waals surface area (Å²) in [4.78, 5) is 21.8. The maximum absolute atomic E-state index is 12.4. The number of benzene rings is 3. The first kappa shape index (κ1) is 23.9. The molecule has 4 heteroatoms. The third-order valence-corrected chi connectivity index (χ3v) is 4.66. The van der Waals surface area contributed by atoms with Gasteiger partial charge in [0.1, 0.15) is 17.3 Å². The van der Waals surface area contributed by atoms with Crippen LogP contribution >= 0.6 is 0 Å². The lowest BCUT2D eigenvalue weighted by molar-refractivity contribution is -0.115. The molecule has 0 fully saturated rings. The van der Waals surface area contributed by atoms with Gasteiger partial charge in [-0.2, -0.15) is 0 Å². The van der Waals surface area contributed by atoms with E-state index in [0.29, 0.717) is 11.3 Å². The maximum atomic E-state index is 12.4. The predicted molar refractivity (Wildman–Crippen MR) is 125 cm³/mol. The van der Waals surface area contributed by atoms with Crippen molar-refractivity contribution in [1.29, 1.82) is 0 Å². The van der Waals surface area contributed by atoms with Gasteiger partial charge in [0.05, 0.1) is 12.7 Å². The molecule has 3 aromatic rings. The van der Waals surface area contributed by atoms with Crippen LogP contribution in [-0.2, 0) is 4.79 Å². The number of hydrogen-bond acceptors (Lipinski definition) is 4. The molecule has 0 bridgehead atoms. The molecule has 162 valence electrons. The molecule has 0 unspecified atom stereocenters. The number of carbonyl (C=O) groups excluding carboxylic acids is 2. The SMILES string of the molecule is CC(C)=O.COc1c(C)cc(-c2cc(C)c(OC(=O)c3ccccc3)c(C)c2)cc1C. The summed E-state index contributed by atoms with van der Waals surface area (Å²) in [7, 11) is 1.69. The number of Topliss-reactive ketones (excluding diaryl/α,β-unsaturated/α-hetero) is 1. The molecule has 0 radical (unpaired) electrons. The fraction of sp³-hybridized carbons (Fsp3) is 0.259. The monoisotopic (exact) mass is 418 g/mol. The number of ketones is 1. The van der Waals surface area contributed by atoms with Crippen molar-refractivity contribution in [2.75, 3.05) is 7.11 Å². The smallest absolute Gasteiger partial charge is 0.343 e. The second-order valence-corrected chi connectivity index (χ2v) is 7.75. The molecule has 0 saturated carbocycles. The average molecular weight is 419 g/mol. The Kier molecular flexibility index (Phi) is 8.14. The van der Waals surface area contributed by atoms with Crippen molar-refractivity contribution in [2.24, 2.45) is 0 Å². The first-order valence-electron chi connectivity index (χ1n) is 10.1. The van der Waals surface area contributed by atoms with Crippen LogP contribution in [0, 0.1) is 27.7 Å². The van der Waals surface area contributed by atoms with Gasteiger partial charge in [0.2, 0.25) is 0 Å². The Morgan fingerprint density at radius 2 is 1.06 bits per heavy atom. The van der Waals surface area contributed by atoms with E-state index in [2.05, 4.69) is 24.3 Å². The molecule has 3 aromatic carbocycles. The Hall–Kier alpha value is -3.40. The van der Waals surface area contributed by atoms with Gasteiger partial charge >= 0.3 is 5.97 Å². The quantitative estimate of drug-likeness (QED) is 0.363. The van der Waals surface area contributed by atoms with Crippen LogP contribution in [0.25, 0.3) is 11.1 Å². The molecule has 0 heterocycles. The predicted octanol–water partition coefficient (Wildman–Crippen LogP) is 6.41. The molecular weight excluding hydrogens is 388 g/mol. The highest BCUT2D eigenvalue weighted by Crippen LogP contribution is 2.34. The molecule has 0 aliphatic heterocycles. The third kappa shape index (κ3) is 6.29. The minimum atomic E-state index is -0.342. The third-order valence-electron chi connectivity index (χ3n) is 4.66. The van der Waals surface area contributed by atoms with E-state index in [-0.39, 0.29) is 11.8 Å². The van der Waals surface area contributed by atoms with Gasteiger partial charge in [0, 0.05) is 0 Å². The lowest BCUT2D eigenvalue weighted by Crippen LogP contribution is -2.10. The van der Waals surface area contributed by atoms with Gasteiger partial charge in [-0.05, 0) is 111 Å². The molecule has 3 rings (SSSR count). The molecule has 4 nitrogen and oxygen atoms in total. The van der Waals surface area contributed by atoms with Crippen molar-refractivity contribution in [1.82, 2.24) is 0 Å². The molecule has 0 saturated heterocycles. The Balaban J connectivity index is 0.000000785. The summed E-state index contributed by atoms with van der Waals surface area (Å²) >= 11 is 0. The molecule has 0 spiro atoms. The van der Waals surface area contributed by atoms with E-state index in [1.807, 2.05) is 45.9 Å². The normalized spacial score (nSPS) is 10.0. The molecule has 0 N–H and O–H groups in total. The number of carbonyl (C=O) groups is 2. The van der Waals surface area contributed by atoms with E-state index >= 15 is 0 Å². The summed E-state index contributed by atoms with van der Waals surface area (Å²) < 4.78 is 11.1. The van der Waals surface area contributed by atoms with Crippen LogP contribution in [0.15, 0.2) is 54.6 Å². The highest BCUT2D eigenvalue weighted by atomic mass is 16.5. The Bertz CT molecular complexity index is 1030. The molecule has 31 heavy (non-hydrogen) atoms. The average Bonchev–Trinajstić information content (AvgIpc) is 2.70. The van der Waals surface area contributed by atoms with Gasteiger partial charge in [-0.25, -0.2) is 4.79 Å². The van der Waals surface area contributed by atoms with Gasteiger partial charge in [-0.3, -0.25) is 0 Å². The van der Waals surface area contributed by atoms with E-state index in [9.17, 15) is 9.59 Å². The first-order valence-corrected chi connectivity index (χ1v) is 10.1. The van der Waals surface area contributed by atoms with Gasteiger partial charge < -0.3 is 14.3 Å². The largest absolute Gasteiger partial charge is 0.496 e. The van der Waals surface area contributed by atoms with Crippen LogP contribution in [0.2, 0.25) is 0 Å². The summed E-state index contributed by atoms with van der Waals surface area (Å²) in [6.07, 6.45) is 0. The number of hydrogen-bond donors (Lipinski definition) is 0. The van der Waals surface area contributed by atoms with Crippen molar-refractivity contribution in [3.63, 3.8) is 0 Å². The summed E-state index contributed by atoms with van der Waals surface area (Å²) in [5.41, 5.74) is 6.82. The zero-order valence-corrected chi connectivity index (χ0v) is 19.3. The Morgan fingerprint density at radius 1 is 0.677 bits per heavy atom. The minimum absolute atomic E-state index is 0.167. The van der Waals surface area contributed by atoms with Crippen molar-refractivity contribution >= 4 is 11.8 Å². The maximum Gasteiger partial charge on any atom is 0.343 e. The molecule has 0 atom stereocenters. The molecule has 0 aliphatic carbocycles. The zero-order chi connectivity index (χ0) is 23.1. The van der Waals surface area contributed by atoms with Crippen LogP contribution in [0.4, 0.5) is 0 Å². The van der Waals surface area contributed by atoms with E-state index in [1.165, 1.54) is 13.8 Å². The highest BCUT2D eigenvalue weighted by Gasteiger charge is 2.14. The molecular formula is C27H30O4. The van der Waals surface area contributed by atoms with E-state index in [0.717, 1.165) is 39.1 Å². The number of aryl methyl sites for hydroxylation is 4. The second-order valence-electron chi connectivity index (χ2n) is 7.75. The van der Waals surface area contributed by atoms with Crippen molar-refractivity contribution in [2.45, 2.75) is 41.5 Å². The number of esters is 1. The lowest BCUT2D eigenvalue weighted by atomic mass is 9.96. The molecule has 0 aromatic heterocycles. The molecule has 0 amide bonds. The second kappa shape index (κ2) is 10.6. The topological polar surface area (TPSA) is 52.6 Å². The van der Waals surface area contributed by atoms with Crippen LogP contribution in [0.1, 0.15) is 46.5 Å². The fourth-order valence-corrected chi connectivity index (χ4v) is 3.44. The highest BCUT2D eigenvalue weighted by molar-refractivity contribution is 5.91. The number of rotatable bonds is 4. The van der Waals surface area contributed by atoms with Crippen LogP contribution in [0.5, 0.6) is 11.5 Å². The number of ether oxygens (including phenoxy) is 2. The molecule has 0 aliphatic rings. The van der Waals surface area contributed by atoms with Crippen LogP contribution < -0.4 is 9.47 Å². The van der Waals surface area contributed by atoms with E-state index in [4.69, 9.17) is 9.47 Å². The van der Waals surface area contributed by atoms with Crippen LogP contribution in [0.3, 0.4) is 0 Å². The van der Waals surface area contributed by atoms with Crippen molar-refractivity contribution in [3.05, 3.63) is 82.4 Å². The summed E-state index contributed by atoms with van der Waals surface area (Å²) in [5, 5.41) is 0. The standard InChI is InChI=1S/C24H24O3.C3H6O/c1-15-11-20(12-16(2)22(15)26-5)21-13-17(3)23(18(4)14-21)27-24(25)19-9-7-6-8-10-19;1-3(2)4/h6-14H,1-5H3;1-2H3. The van der Waals surface area contributed by atoms with Gasteiger partial charge in [0.15, 0.2) is 0 Å². The Morgan fingerprint density at radius 3 is 1.45 bits per heavy atom. The van der Waals surface area contributed by atoms with Crippen LogP contribution in [-0.4, -0.2) is 18.9 Å². The lowest BCUT2D eigenvalue weighted by Gasteiger charge is -2.15. The van der Waals surface area contributed by atoms with Gasteiger partial charge in [-0.1, -0.05) is 18.2 Å². The van der Waals surface area contributed by atoms with Gasteiger partial charge in [-0.15, -0.1) is 0 Å². The van der Waals surface area contributed by atoms with Crippen molar-refractivity contribution < 1.29 is 19.1 Å². The Labute approximate surface area is 184 Å².